The second-order valence-electron chi connectivity index (χ2n) is 4.14. The Bertz CT molecular complexity index is 689. The number of benzene rings is 1. The molecule has 2 aromatic rings. The molecule has 108 valence electrons. The number of thiazole rings is 1. The third kappa shape index (κ3) is 3.17. The van der Waals surface area contributed by atoms with E-state index in [4.69, 9.17) is 11.6 Å². The van der Waals surface area contributed by atoms with Crippen LogP contribution in [0.5, 0.6) is 0 Å². The Morgan fingerprint density at radius 1 is 1.45 bits per heavy atom. The molecular formula is C12H12ClFN2O2S2. The Balaban J connectivity index is 2.34. The fourth-order valence-electron chi connectivity index (χ4n) is 1.63. The van der Waals surface area contributed by atoms with E-state index in [1.165, 1.54) is 30.5 Å². The molecule has 1 heterocycles. The highest BCUT2D eigenvalue weighted by molar-refractivity contribution is 7.89. The third-order valence-electron chi connectivity index (χ3n) is 2.71. The lowest BCUT2D eigenvalue weighted by atomic mass is 10.2. The molecule has 4 nitrogen and oxygen atoms in total. The molecule has 0 saturated carbocycles. The van der Waals surface area contributed by atoms with Gasteiger partial charge in [-0.25, -0.2) is 17.8 Å². The highest BCUT2D eigenvalue weighted by atomic mass is 35.5. The molecule has 2 rings (SSSR count). The lowest BCUT2D eigenvalue weighted by Crippen LogP contribution is -2.27. The molecule has 1 aromatic carbocycles. The molecule has 20 heavy (non-hydrogen) atoms. The van der Waals surface area contributed by atoms with Crippen LogP contribution in [0.3, 0.4) is 0 Å². The van der Waals surface area contributed by atoms with E-state index in [9.17, 15) is 12.8 Å². The Kier molecular flexibility index (Phi) is 4.74. The van der Waals surface area contributed by atoms with Crippen molar-refractivity contribution < 1.29 is 12.8 Å². The molecule has 0 aliphatic carbocycles. The molecule has 0 spiro atoms. The summed E-state index contributed by atoms with van der Waals surface area (Å²) in [5.74, 6) is -0.664. The summed E-state index contributed by atoms with van der Waals surface area (Å²) < 4.78 is 39.6. The molecule has 1 aromatic heterocycles. The number of halogens is 2. The van der Waals surface area contributed by atoms with Crippen molar-refractivity contribution in [2.75, 3.05) is 7.05 Å². The van der Waals surface area contributed by atoms with Crippen LogP contribution in [0.2, 0.25) is 0 Å². The highest BCUT2D eigenvalue weighted by Gasteiger charge is 2.25. The summed E-state index contributed by atoms with van der Waals surface area (Å²) in [5.41, 5.74) is 2.79. The van der Waals surface area contributed by atoms with Gasteiger partial charge in [-0.05, 0) is 17.7 Å². The van der Waals surface area contributed by atoms with E-state index in [1.807, 2.05) is 0 Å². The summed E-state index contributed by atoms with van der Waals surface area (Å²) in [4.78, 5) is 3.65. The van der Waals surface area contributed by atoms with Crippen molar-refractivity contribution in [3.05, 3.63) is 46.2 Å². The zero-order chi connectivity index (χ0) is 14.8. The second kappa shape index (κ2) is 6.17. The van der Waals surface area contributed by atoms with Crippen LogP contribution >= 0.6 is 22.9 Å². The van der Waals surface area contributed by atoms with Crippen LogP contribution in [-0.2, 0) is 22.4 Å². The predicted molar refractivity (Wildman–Crippen MR) is 76.7 cm³/mol. The Morgan fingerprint density at radius 3 is 2.80 bits per heavy atom. The molecule has 0 aliphatic rings. The molecular weight excluding hydrogens is 323 g/mol. The lowest BCUT2D eigenvalue weighted by molar-refractivity contribution is 0.456. The average Bonchev–Trinajstić information content (AvgIpc) is 2.92. The number of sulfonamides is 1. The van der Waals surface area contributed by atoms with Gasteiger partial charge in [-0.3, -0.25) is 0 Å². The average molecular weight is 335 g/mol. The van der Waals surface area contributed by atoms with Gasteiger partial charge in [-0.1, -0.05) is 6.07 Å². The van der Waals surface area contributed by atoms with E-state index in [-0.39, 0.29) is 17.3 Å². The van der Waals surface area contributed by atoms with E-state index in [0.717, 1.165) is 10.4 Å². The van der Waals surface area contributed by atoms with E-state index in [1.54, 1.807) is 10.9 Å². The summed E-state index contributed by atoms with van der Waals surface area (Å²) in [5, 5.41) is 1.75. The first-order valence-electron chi connectivity index (χ1n) is 5.63. The maximum atomic E-state index is 13.8. The van der Waals surface area contributed by atoms with Crippen molar-refractivity contribution in [3.8, 4) is 0 Å². The van der Waals surface area contributed by atoms with E-state index in [2.05, 4.69) is 4.98 Å². The summed E-state index contributed by atoms with van der Waals surface area (Å²) >= 11 is 7.03. The van der Waals surface area contributed by atoms with Gasteiger partial charge < -0.3 is 0 Å². The van der Waals surface area contributed by atoms with Gasteiger partial charge in [0.2, 0.25) is 10.0 Å². The summed E-state index contributed by atoms with van der Waals surface area (Å²) in [7, 11) is -2.52. The molecule has 0 unspecified atom stereocenters. The third-order valence-corrected chi connectivity index (χ3v) is 5.47. The topological polar surface area (TPSA) is 50.3 Å². The smallest absolute Gasteiger partial charge is 0.246 e. The van der Waals surface area contributed by atoms with Crippen molar-refractivity contribution in [1.29, 1.82) is 0 Å². The van der Waals surface area contributed by atoms with Crippen LogP contribution in [0.25, 0.3) is 0 Å². The number of nitrogens with zero attached hydrogens (tertiary/aromatic N) is 2. The van der Waals surface area contributed by atoms with Crippen LogP contribution in [0, 0.1) is 5.82 Å². The minimum Gasteiger partial charge on any atom is -0.248 e. The van der Waals surface area contributed by atoms with Crippen molar-refractivity contribution in [1.82, 2.24) is 9.29 Å². The number of hydrogen-bond donors (Lipinski definition) is 0. The normalized spacial score (nSPS) is 12.0. The van der Waals surface area contributed by atoms with Crippen LogP contribution in [0.15, 0.2) is 34.0 Å². The molecule has 0 aliphatic heterocycles. The maximum Gasteiger partial charge on any atom is 0.246 e. The number of rotatable bonds is 5. The standard InChI is InChI=1S/C12H12ClFN2O2S2/c1-16(6-10-7-19-8-15-10)20(17,18)12-4-9(5-13)2-3-11(12)14/h2-4,7-8H,5-6H2,1H3. The summed E-state index contributed by atoms with van der Waals surface area (Å²) in [6.07, 6.45) is 0. The zero-order valence-electron chi connectivity index (χ0n) is 10.6. The highest BCUT2D eigenvalue weighted by Crippen LogP contribution is 2.22. The van der Waals surface area contributed by atoms with Crippen molar-refractivity contribution in [2.45, 2.75) is 17.3 Å². The Morgan fingerprint density at radius 2 is 2.20 bits per heavy atom. The Hall–Kier alpha value is -1.02. The first kappa shape index (κ1) is 15.4. The van der Waals surface area contributed by atoms with E-state index < -0.39 is 15.8 Å². The zero-order valence-corrected chi connectivity index (χ0v) is 13.0. The van der Waals surface area contributed by atoms with Crippen molar-refractivity contribution in [2.24, 2.45) is 0 Å². The molecule has 8 heteroatoms. The van der Waals surface area contributed by atoms with Crippen LogP contribution < -0.4 is 0 Å². The molecule has 0 N–H and O–H groups in total. The first-order chi connectivity index (χ1) is 9.45. The fraction of sp³-hybridized carbons (Fsp3) is 0.250. The van der Waals surface area contributed by atoms with Crippen molar-refractivity contribution in [3.63, 3.8) is 0 Å². The first-order valence-corrected chi connectivity index (χ1v) is 8.54. The summed E-state index contributed by atoms with van der Waals surface area (Å²) in [6, 6.07) is 3.83. The van der Waals surface area contributed by atoms with Gasteiger partial charge in [-0.15, -0.1) is 22.9 Å². The van der Waals surface area contributed by atoms with Gasteiger partial charge in [0.05, 0.1) is 17.7 Å². The van der Waals surface area contributed by atoms with Crippen LogP contribution in [0.1, 0.15) is 11.3 Å². The Labute approximate surface area is 125 Å². The monoisotopic (exact) mass is 334 g/mol. The molecule has 0 saturated heterocycles. The maximum absolute atomic E-state index is 13.8. The number of alkyl halides is 1. The van der Waals surface area contributed by atoms with Gasteiger partial charge in [0.15, 0.2) is 0 Å². The van der Waals surface area contributed by atoms with Crippen LogP contribution in [0.4, 0.5) is 4.39 Å². The molecule has 0 bridgehead atoms. The number of aromatic nitrogens is 1. The second-order valence-corrected chi connectivity index (χ2v) is 7.14. The van der Waals surface area contributed by atoms with Gasteiger partial charge in [0.1, 0.15) is 10.7 Å². The number of hydrogen-bond acceptors (Lipinski definition) is 4. The van der Waals surface area contributed by atoms with Gasteiger partial charge >= 0.3 is 0 Å². The van der Waals surface area contributed by atoms with E-state index in [0.29, 0.717) is 11.3 Å². The van der Waals surface area contributed by atoms with Crippen LogP contribution in [-0.4, -0.2) is 24.8 Å². The predicted octanol–water partition coefficient (Wildman–Crippen LogP) is 2.84. The molecule has 0 amide bonds. The minimum atomic E-state index is -3.91. The fourth-order valence-corrected chi connectivity index (χ4v) is 3.59. The summed E-state index contributed by atoms with van der Waals surface area (Å²) in [6.45, 7) is 0.0936. The van der Waals surface area contributed by atoms with Crippen molar-refractivity contribution >= 4 is 33.0 Å². The molecule has 0 fully saturated rings. The largest absolute Gasteiger partial charge is 0.248 e. The quantitative estimate of drug-likeness (QED) is 0.790. The molecule has 0 radical (unpaired) electrons. The SMILES string of the molecule is CN(Cc1cscn1)S(=O)(=O)c1cc(CCl)ccc1F. The lowest BCUT2D eigenvalue weighted by Gasteiger charge is -2.17. The minimum absolute atomic E-state index is 0.0936. The van der Waals surface area contributed by atoms with Gasteiger partial charge in [0, 0.05) is 18.3 Å². The van der Waals surface area contributed by atoms with E-state index >= 15 is 0 Å². The van der Waals surface area contributed by atoms with Gasteiger partial charge in [-0.2, -0.15) is 4.31 Å². The molecule has 0 atom stereocenters. The van der Waals surface area contributed by atoms with Gasteiger partial charge in [0.25, 0.3) is 0 Å².